The predicted octanol–water partition coefficient (Wildman–Crippen LogP) is 3.52. The van der Waals surface area contributed by atoms with Crippen LogP contribution in [0.4, 0.5) is 16.2 Å². The molecule has 0 saturated carbocycles. The Morgan fingerprint density at radius 3 is 1.79 bits per heavy atom. The number of hydrogen-bond donors (Lipinski definition) is 1. The van der Waals surface area contributed by atoms with Crippen molar-refractivity contribution in [3.63, 3.8) is 0 Å². The molecule has 2 aliphatic heterocycles. The van der Waals surface area contributed by atoms with Crippen LogP contribution in [-0.2, 0) is 12.8 Å². The van der Waals surface area contributed by atoms with Gasteiger partial charge in [-0.1, -0.05) is 36.4 Å². The SMILES string of the molecule is CN1CCN(C)C1=O.CNCCCN1c2ccccc2CCc2ccccc21. The molecule has 0 bridgehead atoms. The number of hydrogen-bond acceptors (Lipinski definition) is 3. The van der Waals surface area contributed by atoms with Crippen LogP contribution in [0.1, 0.15) is 17.5 Å². The highest BCUT2D eigenvalue weighted by atomic mass is 16.2. The Morgan fingerprint density at radius 2 is 1.36 bits per heavy atom. The van der Waals surface area contributed by atoms with Crippen molar-refractivity contribution in [2.75, 3.05) is 52.2 Å². The van der Waals surface area contributed by atoms with Gasteiger partial charge in [0.05, 0.1) is 0 Å². The molecule has 5 nitrogen and oxygen atoms in total. The van der Waals surface area contributed by atoms with Gasteiger partial charge in [0.15, 0.2) is 0 Å². The first kappa shape index (κ1) is 20.2. The summed E-state index contributed by atoms with van der Waals surface area (Å²) in [6, 6.07) is 17.8. The van der Waals surface area contributed by atoms with Gasteiger partial charge in [-0.25, -0.2) is 4.79 Å². The lowest BCUT2D eigenvalue weighted by Gasteiger charge is -2.27. The van der Waals surface area contributed by atoms with Crippen LogP contribution in [0.25, 0.3) is 0 Å². The lowest BCUT2D eigenvalue weighted by Crippen LogP contribution is -2.25. The highest BCUT2D eigenvalue weighted by Gasteiger charge is 2.20. The highest BCUT2D eigenvalue weighted by Crippen LogP contribution is 2.35. The van der Waals surface area contributed by atoms with Gasteiger partial charge in [-0.05, 0) is 56.1 Å². The van der Waals surface area contributed by atoms with Crippen molar-refractivity contribution >= 4 is 17.4 Å². The van der Waals surface area contributed by atoms with Crippen molar-refractivity contribution in [2.24, 2.45) is 0 Å². The largest absolute Gasteiger partial charge is 0.341 e. The molecule has 1 N–H and O–H groups in total. The average molecular weight is 381 g/mol. The third kappa shape index (κ3) is 4.65. The van der Waals surface area contributed by atoms with Crippen LogP contribution >= 0.6 is 0 Å². The second kappa shape index (κ2) is 9.60. The van der Waals surface area contributed by atoms with Crippen molar-refractivity contribution in [3.8, 4) is 0 Å². The van der Waals surface area contributed by atoms with Crippen molar-refractivity contribution in [1.82, 2.24) is 15.1 Å². The third-order valence-electron chi connectivity index (χ3n) is 5.46. The molecule has 2 aliphatic rings. The Hall–Kier alpha value is -2.53. The molecule has 2 amide bonds. The molecule has 0 aliphatic carbocycles. The van der Waals surface area contributed by atoms with E-state index in [9.17, 15) is 4.79 Å². The molecule has 2 aromatic carbocycles. The molecule has 5 heteroatoms. The van der Waals surface area contributed by atoms with Gasteiger partial charge in [-0.15, -0.1) is 0 Å². The van der Waals surface area contributed by atoms with Crippen molar-refractivity contribution in [1.29, 1.82) is 0 Å². The van der Waals surface area contributed by atoms with E-state index in [0.717, 1.165) is 45.4 Å². The first-order chi connectivity index (χ1) is 13.6. The molecular weight excluding hydrogens is 348 g/mol. The maximum absolute atomic E-state index is 10.8. The topological polar surface area (TPSA) is 38.8 Å². The summed E-state index contributed by atoms with van der Waals surface area (Å²) in [6.07, 6.45) is 3.42. The zero-order chi connectivity index (χ0) is 19.9. The summed E-state index contributed by atoms with van der Waals surface area (Å²) >= 11 is 0. The molecule has 0 spiro atoms. The number of carbonyl (C=O) groups is 1. The number of anilines is 2. The first-order valence-electron chi connectivity index (χ1n) is 10.2. The van der Waals surface area contributed by atoms with E-state index in [-0.39, 0.29) is 6.03 Å². The van der Waals surface area contributed by atoms with E-state index in [1.54, 1.807) is 9.80 Å². The number of likely N-dealkylation sites (N-methyl/N-ethyl adjacent to an activating group) is 2. The number of nitrogens with one attached hydrogen (secondary N) is 1. The van der Waals surface area contributed by atoms with E-state index in [0.29, 0.717) is 0 Å². The highest BCUT2D eigenvalue weighted by molar-refractivity contribution is 5.75. The summed E-state index contributed by atoms with van der Waals surface area (Å²) in [5, 5.41) is 3.24. The predicted molar refractivity (Wildman–Crippen MR) is 116 cm³/mol. The number of fused-ring (bicyclic) bond motifs is 2. The number of carbonyl (C=O) groups excluding carboxylic acids is 1. The standard InChI is InChI=1S/C18H22N2.C5H10N2O/c1-19-13-6-14-20-17-9-4-2-7-15(17)11-12-16-8-3-5-10-18(16)20;1-6-3-4-7(2)5(6)8/h2-5,7-10,19H,6,11-14H2,1H3;3-4H2,1-2H3. The minimum atomic E-state index is 0.130. The zero-order valence-corrected chi connectivity index (χ0v) is 17.3. The van der Waals surface area contributed by atoms with Gasteiger partial charge >= 0.3 is 6.03 Å². The monoisotopic (exact) mass is 380 g/mol. The summed E-state index contributed by atoms with van der Waals surface area (Å²) in [7, 11) is 5.64. The smallest absolute Gasteiger partial charge is 0.319 e. The van der Waals surface area contributed by atoms with Crippen molar-refractivity contribution in [3.05, 3.63) is 59.7 Å². The number of para-hydroxylation sites is 2. The Kier molecular flexibility index (Phi) is 6.93. The van der Waals surface area contributed by atoms with Gasteiger partial charge in [-0.3, -0.25) is 0 Å². The normalized spacial score (nSPS) is 15.5. The van der Waals surface area contributed by atoms with Gasteiger partial charge in [-0.2, -0.15) is 0 Å². The number of benzene rings is 2. The molecule has 2 heterocycles. The van der Waals surface area contributed by atoms with Gasteiger partial charge in [0.25, 0.3) is 0 Å². The minimum absolute atomic E-state index is 0.130. The summed E-state index contributed by atoms with van der Waals surface area (Å²) < 4.78 is 0. The van der Waals surface area contributed by atoms with Crippen LogP contribution in [0.2, 0.25) is 0 Å². The molecule has 0 radical (unpaired) electrons. The van der Waals surface area contributed by atoms with Gasteiger partial charge in [0, 0.05) is 45.1 Å². The van der Waals surface area contributed by atoms with Crippen LogP contribution in [0.5, 0.6) is 0 Å². The summed E-state index contributed by atoms with van der Waals surface area (Å²) in [5.74, 6) is 0. The first-order valence-corrected chi connectivity index (χ1v) is 10.2. The Morgan fingerprint density at radius 1 is 0.857 bits per heavy atom. The van der Waals surface area contributed by atoms with Gasteiger partial charge in [0.2, 0.25) is 0 Å². The fraction of sp³-hybridized carbons (Fsp3) is 0.435. The van der Waals surface area contributed by atoms with Gasteiger partial charge < -0.3 is 20.0 Å². The Balaban J connectivity index is 0.000000236. The van der Waals surface area contributed by atoms with Crippen molar-refractivity contribution < 1.29 is 4.79 Å². The van der Waals surface area contributed by atoms with Crippen LogP contribution in [-0.4, -0.2) is 63.2 Å². The molecular formula is C23H32N4O. The molecule has 28 heavy (non-hydrogen) atoms. The second-order valence-corrected chi connectivity index (χ2v) is 7.49. The number of aryl methyl sites for hydroxylation is 2. The minimum Gasteiger partial charge on any atom is -0.341 e. The van der Waals surface area contributed by atoms with Crippen LogP contribution in [0.15, 0.2) is 48.5 Å². The summed E-state index contributed by atoms with van der Waals surface area (Å²) in [6.45, 7) is 3.86. The van der Waals surface area contributed by atoms with E-state index < -0.39 is 0 Å². The zero-order valence-electron chi connectivity index (χ0n) is 17.3. The fourth-order valence-corrected chi connectivity index (χ4v) is 3.81. The summed E-state index contributed by atoms with van der Waals surface area (Å²) in [4.78, 5) is 16.7. The van der Waals surface area contributed by atoms with E-state index in [1.165, 1.54) is 22.5 Å². The van der Waals surface area contributed by atoms with E-state index >= 15 is 0 Å². The lowest BCUT2D eigenvalue weighted by atomic mass is 10.0. The van der Waals surface area contributed by atoms with Crippen LogP contribution < -0.4 is 10.2 Å². The Labute approximate surface area is 168 Å². The number of urea groups is 1. The van der Waals surface area contributed by atoms with Crippen molar-refractivity contribution in [2.45, 2.75) is 19.3 Å². The summed E-state index contributed by atoms with van der Waals surface area (Å²) in [5.41, 5.74) is 5.70. The maximum atomic E-state index is 10.8. The average Bonchev–Trinajstić information content (AvgIpc) is 2.93. The molecule has 150 valence electrons. The Bertz CT molecular complexity index is 732. The number of amides is 2. The maximum Gasteiger partial charge on any atom is 0.319 e. The third-order valence-corrected chi connectivity index (χ3v) is 5.46. The molecule has 1 saturated heterocycles. The molecule has 0 unspecified atom stereocenters. The number of rotatable bonds is 4. The lowest BCUT2D eigenvalue weighted by molar-refractivity contribution is 0.205. The fourth-order valence-electron chi connectivity index (χ4n) is 3.81. The van der Waals surface area contributed by atoms with Gasteiger partial charge in [0.1, 0.15) is 0 Å². The molecule has 2 aromatic rings. The van der Waals surface area contributed by atoms with E-state index in [2.05, 4.69) is 58.7 Å². The number of nitrogens with zero attached hydrogens (tertiary/aromatic N) is 3. The molecule has 1 fully saturated rings. The van der Waals surface area contributed by atoms with E-state index in [1.807, 2.05) is 21.1 Å². The van der Waals surface area contributed by atoms with E-state index in [4.69, 9.17) is 0 Å². The molecule has 0 aromatic heterocycles. The quantitative estimate of drug-likeness (QED) is 0.825. The molecule has 4 rings (SSSR count). The van der Waals surface area contributed by atoms with Crippen LogP contribution in [0, 0.1) is 0 Å². The second-order valence-electron chi connectivity index (χ2n) is 7.49. The molecule has 0 atom stereocenters. The van der Waals surface area contributed by atoms with Crippen LogP contribution in [0.3, 0.4) is 0 Å².